The van der Waals surface area contributed by atoms with Crippen LogP contribution in [0.1, 0.15) is 0 Å². The molecule has 38 valence electrons. The summed E-state index contributed by atoms with van der Waals surface area (Å²) in [6.07, 6.45) is 0. The van der Waals surface area contributed by atoms with Crippen LogP contribution in [0, 0.1) is 0 Å². The van der Waals surface area contributed by atoms with E-state index in [0.717, 1.165) is 0 Å². The molecular formula is C2H8N2S2. The van der Waals surface area contributed by atoms with Crippen LogP contribution < -0.4 is 11.3 Å². The van der Waals surface area contributed by atoms with Gasteiger partial charge in [0.05, 0.1) is 5.37 Å². The lowest BCUT2D eigenvalue weighted by Gasteiger charge is -2.00. The summed E-state index contributed by atoms with van der Waals surface area (Å²) in [6.45, 7) is 0. The second kappa shape index (κ2) is 3.80. The fourth-order valence-corrected chi connectivity index (χ4v) is 0.158. The number of nitrogens with one attached hydrogen (secondary N) is 1. The minimum Gasteiger partial charge on any atom is -0.270 e. The molecule has 1 unspecified atom stereocenters. The van der Waals surface area contributed by atoms with Crippen molar-refractivity contribution in [3.8, 4) is 0 Å². The standard InChI is InChI=1S/C2H8N2S2/c3-4-2(6)1-5/h2,4-6H,1,3H2. The summed E-state index contributed by atoms with van der Waals surface area (Å²) < 4.78 is 0. The van der Waals surface area contributed by atoms with Crippen molar-refractivity contribution in [1.29, 1.82) is 0 Å². The Kier molecular flexibility index (Phi) is 4.19. The molecule has 0 aliphatic heterocycles. The highest BCUT2D eigenvalue weighted by Gasteiger charge is 1.89. The van der Waals surface area contributed by atoms with Gasteiger partial charge in [-0.1, -0.05) is 0 Å². The lowest BCUT2D eigenvalue weighted by molar-refractivity contribution is 0.746. The molecule has 0 saturated heterocycles. The molecule has 4 heteroatoms. The molecule has 0 aliphatic rings. The lowest BCUT2D eigenvalue weighted by atomic mass is 10.8. The van der Waals surface area contributed by atoms with Gasteiger partial charge < -0.3 is 0 Å². The first-order chi connectivity index (χ1) is 2.81. The molecule has 0 rings (SSSR count). The van der Waals surface area contributed by atoms with Crippen LogP contribution in [0.3, 0.4) is 0 Å². The summed E-state index contributed by atoms with van der Waals surface area (Å²) in [7, 11) is 0. The Morgan fingerprint density at radius 3 is 2.33 bits per heavy atom. The number of hydrazine groups is 1. The number of rotatable bonds is 2. The first-order valence-electron chi connectivity index (χ1n) is 1.56. The van der Waals surface area contributed by atoms with Gasteiger partial charge in [0, 0.05) is 5.75 Å². The van der Waals surface area contributed by atoms with Gasteiger partial charge in [0.2, 0.25) is 0 Å². The Balaban J connectivity index is 2.75. The molecule has 0 fully saturated rings. The summed E-state index contributed by atoms with van der Waals surface area (Å²) in [5.74, 6) is 5.56. The smallest absolute Gasteiger partial charge is 0.0721 e. The van der Waals surface area contributed by atoms with E-state index in [9.17, 15) is 0 Å². The lowest BCUT2D eigenvalue weighted by Crippen LogP contribution is -2.31. The van der Waals surface area contributed by atoms with E-state index in [-0.39, 0.29) is 5.37 Å². The van der Waals surface area contributed by atoms with Crippen molar-refractivity contribution in [2.45, 2.75) is 5.37 Å². The van der Waals surface area contributed by atoms with Gasteiger partial charge in [-0.25, -0.2) is 5.43 Å². The molecule has 0 spiro atoms. The summed E-state index contributed by atoms with van der Waals surface area (Å²) in [5.41, 5.74) is 2.40. The third-order valence-electron chi connectivity index (χ3n) is 0.365. The fraction of sp³-hybridized carbons (Fsp3) is 1.00. The maximum absolute atomic E-state index is 4.91. The van der Waals surface area contributed by atoms with Crippen LogP contribution in [0.15, 0.2) is 0 Å². The van der Waals surface area contributed by atoms with Gasteiger partial charge in [0.25, 0.3) is 0 Å². The van der Waals surface area contributed by atoms with E-state index in [1.165, 1.54) is 0 Å². The highest BCUT2D eigenvalue weighted by Crippen LogP contribution is 1.87. The monoisotopic (exact) mass is 124 g/mol. The van der Waals surface area contributed by atoms with Gasteiger partial charge in [-0.2, -0.15) is 25.3 Å². The van der Waals surface area contributed by atoms with E-state index in [2.05, 4.69) is 30.7 Å². The van der Waals surface area contributed by atoms with Gasteiger partial charge in [0.1, 0.15) is 0 Å². The van der Waals surface area contributed by atoms with Crippen LogP contribution in [0.5, 0.6) is 0 Å². The van der Waals surface area contributed by atoms with Crippen molar-refractivity contribution in [1.82, 2.24) is 5.43 Å². The molecule has 0 aromatic heterocycles. The van der Waals surface area contributed by atoms with Gasteiger partial charge >= 0.3 is 0 Å². The van der Waals surface area contributed by atoms with Crippen LogP contribution in [-0.2, 0) is 0 Å². The van der Waals surface area contributed by atoms with E-state index in [4.69, 9.17) is 5.84 Å². The van der Waals surface area contributed by atoms with Gasteiger partial charge in [-0.05, 0) is 0 Å². The Labute approximate surface area is 48.3 Å². The molecule has 0 radical (unpaired) electrons. The van der Waals surface area contributed by atoms with Crippen molar-refractivity contribution >= 4 is 25.3 Å². The van der Waals surface area contributed by atoms with Gasteiger partial charge in [0.15, 0.2) is 0 Å². The number of thiol groups is 2. The topological polar surface area (TPSA) is 38.0 Å². The van der Waals surface area contributed by atoms with E-state index in [1.54, 1.807) is 0 Å². The minimum absolute atomic E-state index is 0.0216. The van der Waals surface area contributed by atoms with E-state index in [0.29, 0.717) is 5.75 Å². The first-order valence-corrected chi connectivity index (χ1v) is 2.71. The third kappa shape index (κ3) is 2.84. The zero-order valence-corrected chi connectivity index (χ0v) is 5.05. The molecule has 0 bridgehead atoms. The maximum atomic E-state index is 4.91. The number of hydrogen-bond acceptors (Lipinski definition) is 4. The highest BCUT2D eigenvalue weighted by molar-refractivity contribution is 7.84. The number of hydrogen-bond donors (Lipinski definition) is 4. The minimum atomic E-state index is 0.0216. The van der Waals surface area contributed by atoms with Crippen LogP contribution in [0.4, 0.5) is 0 Å². The highest BCUT2D eigenvalue weighted by atomic mass is 32.1. The second-order valence-corrected chi connectivity index (χ2v) is 1.85. The quantitative estimate of drug-likeness (QED) is 0.176. The van der Waals surface area contributed by atoms with Crippen molar-refractivity contribution in [2.24, 2.45) is 5.84 Å². The molecular weight excluding hydrogens is 116 g/mol. The van der Waals surface area contributed by atoms with E-state index < -0.39 is 0 Å². The normalized spacial score (nSPS) is 14.5. The average molecular weight is 124 g/mol. The fourth-order valence-electron chi connectivity index (χ4n) is 0.0527. The Morgan fingerprint density at radius 2 is 2.33 bits per heavy atom. The average Bonchev–Trinajstić information content (AvgIpc) is 1.65. The molecule has 0 aromatic carbocycles. The zero-order chi connectivity index (χ0) is 4.99. The number of nitrogens with two attached hydrogens (primary N) is 1. The van der Waals surface area contributed by atoms with Gasteiger partial charge in [-0.15, -0.1) is 0 Å². The van der Waals surface area contributed by atoms with Crippen LogP contribution in [-0.4, -0.2) is 11.1 Å². The third-order valence-corrected chi connectivity index (χ3v) is 1.35. The van der Waals surface area contributed by atoms with Crippen LogP contribution in [0.2, 0.25) is 0 Å². The molecule has 0 heterocycles. The van der Waals surface area contributed by atoms with Gasteiger partial charge in [-0.3, -0.25) is 5.84 Å². The molecule has 0 saturated carbocycles. The molecule has 0 aromatic rings. The Bertz CT molecular complexity index is 28.7. The molecule has 0 aliphatic carbocycles. The SMILES string of the molecule is NNC(S)CS. The van der Waals surface area contributed by atoms with E-state index >= 15 is 0 Å². The molecule has 6 heavy (non-hydrogen) atoms. The Morgan fingerprint density at radius 1 is 1.83 bits per heavy atom. The second-order valence-electron chi connectivity index (χ2n) is 0.865. The first kappa shape index (κ1) is 6.62. The van der Waals surface area contributed by atoms with E-state index in [1.807, 2.05) is 0 Å². The molecule has 3 N–H and O–H groups in total. The predicted octanol–water partition coefficient (Wildman–Crippen LogP) is -0.365. The van der Waals surface area contributed by atoms with Crippen molar-refractivity contribution < 1.29 is 0 Å². The van der Waals surface area contributed by atoms with Crippen LogP contribution >= 0.6 is 25.3 Å². The van der Waals surface area contributed by atoms with Crippen molar-refractivity contribution in [3.63, 3.8) is 0 Å². The summed E-state index contributed by atoms with van der Waals surface area (Å²) in [6, 6.07) is 0. The van der Waals surface area contributed by atoms with Crippen molar-refractivity contribution in [2.75, 3.05) is 5.75 Å². The summed E-state index contributed by atoms with van der Waals surface area (Å²) in [5, 5.41) is 0.0216. The maximum Gasteiger partial charge on any atom is 0.0721 e. The predicted molar refractivity (Wildman–Crippen MR) is 34.0 cm³/mol. The molecule has 0 amide bonds. The van der Waals surface area contributed by atoms with Crippen LogP contribution in [0.25, 0.3) is 0 Å². The largest absolute Gasteiger partial charge is 0.270 e. The summed E-state index contributed by atoms with van der Waals surface area (Å²) >= 11 is 7.79. The molecule has 1 atom stereocenters. The Hall–Kier alpha value is 0.620. The van der Waals surface area contributed by atoms with Crippen molar-refractivity contribution in [3.05, 3.63) is 0 Å². The zero-order valence-electron chi connectivity index (χ0n) is 3.26. The summed E-state index contributed by atoms with van der Waals surface area (Å²) in [4.78, 5) is 0. The molecule has 2 nitrogen and oxygen atoms in total.